The van der Waals surface area contributed by atoms with Crippen molar-refractivity contribution in [2.75, 3.05) is 11.1 Å². The fourth-order valence-corrected chi connectivity index (χ4v) is 3.59. The van der Waals surface area contributed by atoms with Gasteiger partial charge in [0.05, 0.1) is 16.9 Å². The van der Waals surface area contributed by atoms with E-state index in [1.54, 1.807) is 6.07 Å². The molecule has 4 nitrogen and oxygen atoms in total. The van der Waals surface area contributed by atoms with E-state index < -0.39 is 39.9 Å². The topological polar surface area (TPSA) is 78.9 Å². The normalized spacial score (nSPS) is 14.3. The first kappa shape index (κ1) is 27.3. The van der Waals surface area contributed by atoms with Gasteiger partial charge in [-0.15, -0.1) is 0 Å². The van der Waals surface area contributed by atoms with E-state index in [1.165, 1.54) is 19.1 Å². The number of carbonyl (C=O) groups excluding carboxylic acids is 1. The Morgan fingerprint density at radius 2 is 1.62 bits per heavy atom. The molecular weight excluding hydrogens is 549 g/mol. The Hall–Kier alpha value is -2.95. The minimum atomic E-state index is -6.86. The number of carbonyl (C=O) groups is 1. The maximum atomic E-state index is 14.8. The molecule has 1 amide bonds. The third kappa shape index (κ3) is 4.53. The molecule has 0 aromatic heterocycles. The lowest BCUT2D eigenvalue weighted by molar-refractivity contribution is -0.389. The minimum absolute atomic E-state index is 0.0494. The molecule has 2 aromatic rings. The number of anilines is 2. The van der Waals surface area contributed by atoms with Crippen LogP contribution < -0.4 is 11.1 Å². The highest BCUT2D eigenvalue weighted by Crippen LogP contribution is 2.58. The van der Waals surface area contributed by atoms with Crippen molar-refractivity contribution >= 4 is 33.2 Å². The number of alkyl halides is 9. The van der Waals surface area contributed by atoms with Crippen LogP contribution in [0, 0.1) is 11.3 Å². The van der Waals surface area contributed by atoms with Gasteiger partial charge < -0.3 is 11.1 Å². The summed E-state index contributed by atoms with van der Waals surface area (Å²) in [4.78, 5) is 12.5. The first-order valence-electron chi connectivity index (χ1n) is 9.06. The van der Waals surface area contributed by atoms with Crippen molar-refractivity contribution in [3.63, 3.8) is 0 Å². The second-order valence-corrected chi connectivity index (χ2v) is 7.80. The van der Waals surface area contributed by atoms with Crippen LogP contribution in [0.3, 0.4) is 0 Å². The van der Waals surface area contributed by atoms with Crippen LogP contribution in [0.2, 0.25) is 0 Å². The number of nitrogen functional groups attached to an aromatic ring is 1. The van der Waals surface area contributed by atoms with Gasteiger partial charge in [0.25, 0.3) is 5.91 Å². The Morgan fingerprint density at radius 3 is 2.06 bits per heavy atom. The Labute approximate surface area is 194 Å². The number of hydrogen-bond donors (Lipinski definition) is 2. The van der Waals surface area contributed by atoms with E-state index in [1.807, 2.05) is 0 Å². The molecule has 0 spiro atoms. The average molecular weight is 562 g/mol. The zero-order valence-corrected chi connectivity index (χ0v) is 18.4. The van der Waals surface area contributed by atoms with Crippen molar-refractivity contribution in [3.05, 3.63) is 57.1 Å². The van der Waals surface area contributed by atoms with Gasteiger partial charge in [0.1, 0.15) is 6.07 Å². The number of benzene rings is 2. The summed E-state index contributed by atoms with van der Waals surface area (Å²) in [5, 5.41) is 11.1. The van der Waals surface area contributed by atoms with Gasteiger partial charge in [-0.05, 0) is 58.2 Å². The van der Waals surface area contributed by atoms with Crippen molar-refractivity contribution in [2.24, 2.45) is 0 Å². The molecule has 0 aliphatic rings. The summed E-state index contributed by atoms with van der Waals surface area (Å²) in [6.45, 7) is 1.29. The van der Waals surface area contributed by atoms with E-state index in [0.29, 0.717) is 0 Å². The maximum absolute atomic E-state index is 14.8. The number of rotatable bonds is 5. The van der Waals surface area contributed by atoms with Crippen molar-refractivity contribution in [3.8, 4) is 6.07 Å². The van der Waals surface area contributed by atoms with Crippen LogP contribution in [0.25, 0.3) is 0 Å². The largest absolute Gasteiger partial charge is 0.457 e. The van der Waals surface area contributed by atoms with Crippen LogP contribution in [-0.2, 0) is 12.1 Å². The molecule has 0 heterocycles. The van der Waals surface area contributed by atoms with Crippen LogP contribution in [0.4, 0.5) is 50.9 Å². The van der Waals surface area contributed by atoms with Crippen molar-refractivity contribution in [1.82, 2.24) is 0 Å². The number of nitrogens with one attached hydrogen (secondary N) is 1. The minimum Gasteiger partial charge on any atom is -0.398 e. The zero-order valence-electron chi connectivity index (χ0n) is 16.8. The molecule has 0 bridgehead atoms. The fourth-order valence-electron chi connectivity index (χ4n) is 2.99. The molecule has 0 fully saturated rings. The molecule has 14 heteroatoms. The second kappa shape index (κ2) is 9.01. The highest BCUT2D eigenvalue weighted by Gasteiger charge is 2.81. The Balaban J connectivity index is 2.63. The zero-order chi connectivity index (χ0) is 26.3. The summed E-state index contributed by atoms with van der Waals surface area (Å²) in [5.74, 6) is -7.73. The lowest BCUT2D eigenvalue weighted by Crippen LogP contribution is -2.59. The average Bonchev–Trinajstić information content (AvgIpc) is 2.72. The lowest BCUT2D eigenvalue weighted by atomic mass is 9.86. The smallest absolute Gasteiger partial charge is 0.398 e. The predicted molar refractivity (Wildman–Crippen MR) is 107 cm³/mol. The number of nitriles is 1. The van der Waals surface area contributed by atoms with Gasteiger partial charge >= 0.3 is 23.9 Å². The van der Waals surface area contributed by atoms with Gasteiger partial charge in [-0.1, -0.05) is 6.92 Å². The molecule has 0 radical (unpaired) electrons. The number of halogens is 10. The molecule has 34 heavy (non-hydrogen) atoms. The van der Waals surface area contributed by atoms with Crippen LogP contribution in [0.5, 0.6) is 0 Å². The van der Waals surface area contributed by atoms with E-state index in [0.717, 1.165) is 6.07 Å². The highest BCUT2D eigenvalue weighted by molar-refractivity contribution is 9.10. The molecular formula is C20H13BrF9N3O. The number of nitrogens with two attached hydrogens (primary N) is 1. The van der Waals surface area contributed by atoms with Gasteiger partial charge in [0.2, 0.25) is 0 Å². The summed E-state index contributed by atoms with van der Waals surface area (Å²) < 4.78 is 120. The number of nitrogens with zero attached hydrogens (tertiary/aromatic N) is 1. The van der Waals surface area contributed by atoms with Crippen molar-refractivity contribution in [1.29, 1.82) is 5.26 Å². The maximum Gasteiger partial charge on any atom is 0.457 e. The molecule has 1 unspecified atom stereocenters. The van der Waals surface area contributed by atoms with E-state index in [9.17, 15) is 44.3 Å². The third-order valence-corrected chi connectivity index (χ3v) is 5.43. The molecule has 0 aliphatic heterocycles. The van der Waals surface area contributed by atoms with Gasteiger partial charge in [-0.2, -0.15) is 40.4 Å². The molecule has 2 aromatic carbocycles. The van der Waals surface area contributed by atoms with Crippen LogP contribution in [0.15, 0.2) is 34.8 Å². The quantitative estimate of drug-likeness (QED) is 0.317. The highest BCUT2D eigenvalue weighted by atomic mass is 79.9. The summed E-state index contributed by atoms with van der Waals surface area (Å²) in [6, 6.07) is 5.55. The van der Waals surface area contributed by atoms with E-state index in [4.69, 9.17) is 11.0 Å². The number of amides is 1. The van der Waals surface area contributed by atoms with Crippen molar-refractivity contribution < 1.29 is 44.3 Å². The van der Waals surface area contributed by atoms with Crippen LogP contribution in [-0.4, -0.2) is 24.2 Å². The molecule has 3 N–H and O–H groups in total. The molecule has 0 aliphatic carbocycles. The molecule has 0 saturated heterocycles. The monoisotopic (exact) mass is 561 g/mol. The summed E-state index contributed by atoms with van der Waals surface area (Å²) in [6.07, 6.45) is -13.8. The molecule has 2 rings (SSSR count). The van der Waals surface area contributed by atoms with Crippen molar-refractivity contribution in [2.45, 2.75) is 37.3 Å². The Morgan fingerprint density at radius 1 is 1.03 bits per heavy atom. The lowest BCUT2D eigenvalue weighted by Gasteiger charge is -2.36. The van der Waals surface area contributed by atoms with Crippen LogP contribution >= 0.6 is 15.9 Å². The molecule has 184 valence electrons. The molecule has 1 atom stereocenters. The standard InChI is InChI=1S/C20H13BrF9N3O/c1-2-9-5-12(17(22,19(25,26)27)18(23,24)20(28,29)30)7-13(21)15(9)33-16(34)10-3-4-11(8-31)14(32)6-10/h3-7H,2,32H2,1H3,(H,33,34). The first-order valence-corrected chi connectivity index (χ1v) is 9.85. The van der Waals surface area contributed by atoms with Gasteiger partial charge in [-0.25, -0.2) is 4.39 Å². The Kier molecular flexibility index (Phi) is 7.23. The second-order valence-electron chi connectivity index (χ2n) is 6.94. The van der Waals surface area contributed by atoms with Crippen LogP contribution in [0.1, 0.15) is 34.0 Å². The van der Waals surface area contributed by atoms with E-state index >= 15 is 0 Å². The van der Waals surface area contributed by atoms with Gasteiger partial charge in [0, 0.05) is 15.6 Å². The summed E-state index contributed by atoms with van der Waals surface area (Å²) in [7, 11) is 0. The number of aryl methyl sites for hydroxylation is 1. The first-order chi connectivity index (χ1) is 15.4. The number of hydrogen-bond acceptors (Lipinski definition) is 3. The van der Waals surface area contributed by atoms with E-state index in [-0.39, 0.29) is 46.6 Å². The SMILES string of the molecule is CCc1cc(C(F)(C(F)(F)F)C(F)(F)C(F)(F)F)cc(Br)c1NC(=O)c1ccc(C#N)c(N)c1. The van der Waals surface area contributed by atoms with Gasteiger partial charge in [0.15, 0.2) is 0 Å². The van der Waals surface area contributed by atoms with Gasteiger partial charge in [-0.3, -0.25) is 4.79 Å². The summed E-state index contributed by atoms with van der Waals surface area (Å²) in [5.41, 5.74) is -3.30. The molecule has 0 saturated carbocycles. The van der Waals surface area contributed by atoms with E-state index in [2.05, 4.69) is 21.2 Å². The third-order valence-electron chi connectivity index (χ3n) is 4.80. The Bertz CT molecular complexity index is 1160. The predicted octanol–water partition coefficient (Wildman–Crippen LogP) is 6.64. The summed E-state index contributed by atoms with van der Waals surface area (Å²) >= 11 is 2.71. The fraction of sp³-hybridized carbons (Fsp3) is 0.300.